The maximum Gasteiger partial charge on any atom is 0.307 e. The van der Waals surface area contributed by atoms with Crippen LogP contribution in [0.2, 0.25) is 0 Å². The number of carbonyl (C=O) groups is 2. The van der Waals surface area contributed by atoms with Crippen LogP contribution in [0.15, 0.2) is 25.3 Å². The predicted octanol–water partition coefficient (Wildman–Crippen LogP) is 2.67. The number of aliphatic carboxylic acids is 2. The van der Waals surface area contributed by atoms with E-state index >= 15 is 0 Å². The van der Waals surface area contributed by atoms with E-state index in [2.05, 4.69) is 13.2 Å². The SMILES string of the molecule is C.C.C=CC1CC(C=C)C(C(=O)O)C1C(=O)O. The molecule has 1 aliphatic rings. The van der Waals surface area contributed by atoms with Crippen LogP contribution >= 0.6 is 0 Å². The summed E-state index contributed by atoms with van der Waals surface area (Å²) in [6, 6.07) is 0. The summed E-state index contributed by atoms with van der Waals surface area (Å²) in [5.74, 6) is -4.49. The molecule has 4 atom stereocenters. The van der Waals surface area contributed by atoms with Gasteiger partial charge in [-0.05, 0) is 18.3 Å². The Morgan fingerprint density at radius 1 is 0.941 bits per heavy atom. The first kappa shape index (κ1) is 17.8. The van der Waals surface area contributed by atoms with Gasteiger partial charge in [-0.3, -0.25) is 9.59 Å². The van der Waals surface area contributed by atoms with Gasteiger partial charge in [0.25, 0.3) is 0 Å². The number of rotatable bonds is 4. The number of carboxylic acids is 2. The molecule has 1 fully saturated rings. The van der Waals surface area contributed by atoms with E-state index in [0.29, 0.717) is 6.42 Å². The molecule has 0 aromatic heterocycles. The van der Waals surface area contributed by atoms with E-state index in [4.69, 9.17) is 10.2 Å². The first-order chi connectivity index (χ1) is 7.02. The van der Waals surface area contributed by atoms with Crippen molar-refractivity contribution in [2.45, 2.75) is 21.3 Å². The number of hydrogen-bond acceptors (Lipinski definition) is 2. The Balaban J connectivity index is 0. The third-order valence-electron chi connectivity index (χ3n) is 3.03. The van der Waals surface area contributed by atoms with Gasteiger partial charge in [0.2, 0.25) is 0 Å². The van der Waals surface area contributed by atoms with Gasteiger partial charge < -0.3 is 10.2 Å². The van der Waals surface area contributed by atoms with Gasteiger partial charge in [-0.15, -0.1) is 13.2 Å². The molecule has 1 saturated carbocycles. The Morgan fingerprint density at radius 3 is 1.41 bits per heavy atom. The first-order valence-corrected chi connectivity index (χ1v) is 4.73. The van der Waals surface area contributed by atoms with Gasteiger partial charge in [0.1, 0.15) is 0 Å². The lowest BCUT2D eigenvalue weighted by molar-refractivity contribution is -0.153. The molecule has 17 heavy (non-hydrogen) atoms. The van der Waals surface area contributed by atoms with Crippen molar-refractivity contribution in [2.24, 2.45) is 23.7 Å². The average molecular weight is 242 g/mol. The summed E-state index contributed by atoms with van der Waals surface area (Å²) in [4.78, 5) is 22.0. The standard InChI is InChI=1S/C11H14O4.2CH4/c1-3-6-5-7(4-2)9(11(14)15)8(6)10(12)13;;/h3-4,6-9H,1-2,5H2,(H,12,13)(H,14,15);2*1H4. The Hall–Kier alpha value is -1.58. The summed E-state index contributed by atoms with van der Waals surface area (Å²) in [5.41, 5.74) is 0. The molecule has 2 N–H and O–H groups in total. The molecule has 0 aromatic carbocycles. The Kier molecular flexibility index (Phi) is 7.21. The lowest BCUT2D eigenvalue weighted by Gasteiger charge is -2.16. The second-order valence-electron chi connectivity index (χ2n) is 3.76. The van der Waals surface area contributed by atoms with Gasteiger partial charge in [-0.25, -0.2) is 0 Å². The van der Waals surface area contributed by atoms with Crippen molar-refractivity contribution in [2.75, 3.05) is 0 Å². The third-order valence-corrected chi connectivity index (χ3v) is 3.03. The molecule has 0 spiro atoms. The maximum absolute atomic E-state index is 11.0. The molecule has 1 rings (SSSR count). The van der Waals surface area contributed by atoms with Crippen LogP contribution in [0.5, 0.6) is 0 Å². The van der Waals surface area contributed by atoms with E-state index in [0.717, 1.165) is 0 Å². The summed E-state index contributed by atoms with van der Waals surface area (Å²) in [7, 11) is 0. The van der Waals surface area contributed by atoms with Gasteiger partial charge in [0, 0.05) is 0 Å². The van der Waals surface area contributed by atoms with Gasteiger partial charge >= 0.3 is 11.9 Å². The van der Waals surface area contributed by atoms with Crippen LogP contribution in [0.3, 0.4) is 0 Å². The number of hydrogen-bond donors (Lipinski definition) is 2. The van der Waals surface area contributed by atoms with Crippen molar-refractivity contribution in [3.05, 3.63) is 25.3 Å². The molecule has 4 nitrogen and oxygen atoms in total. The number of carboxylic acid groups (broad SMARTS) is 2. The molecule has 0 aromatic rings. The van der Waals surface area contributed by atoms with Crippen LogP contribution < -0.4 is 0 Å². The third kappa shape index (κ3) is 3.19. The fraction of sp³-hybridized carbons (Fsp3) is 0.538. The normalized spacial score (nSPS) is 30.6. The molecule has 0 heterocycles. The van der Waals surface area contributed by atoms with Crippen molar-refractivity contribution >= 4 is 11.9 Å². The molecule has 98 valence electrons. The zero-order valence-electron chi connectivity index (χ0n) is 8.30. The average Bonchev–Trinajstić information content (AvgIpc) is 2.55. The maximum atomic E-state index is 11.0. The molecule has 0 bridgehead atoms. The smallest absolute Gasteiger partial charge is 0.307 e. The monoisotopic (exact) mass is 242 g/mol. The summed E-state index contributed by atoms with van der Waals surface area (Å²) in [5, 5.41) is 18.0. The van der Waals surface area contributed by atoms with Crippen molar-refractivity contribution in [1.82, 2.24) is 0 Å². The fourth-order valence-corrected chi connectivity index (χ4v) is 2.30. The van der Waals surface area contributed by atoms with Crippen LogP contribution in [0, 0.1) is 23.7 Å². The molecular weight excluding hydrogens is 220 g/mol. The molecule has 1 aliphatic carbocycles. The molecule has 0 aliphatic heterocycles. The summed E-state index contributed by atoms with van der Waals surface area (Å²) in [6.45, 7) is 7.09. The zero-order valence-corrected chi connectivity index (χ0v) is 8.30. The second kappa shape index (κ2) is 6.89. The van der Waals surface area contributed by atoms with Crippen molar-refractivity contribution < 1.29 is 19.8 Å². The van der Waals surface area contributed by atoms with Gasteiger partial charge in [-0.1, -0.05) is 27.0 Å². The lowest BCUT2D eigenvalue weighted by Crippen LogP contribution is -2.30. The van der Waals surface area contributed by atoms with E-state index in [1.807, 2.05) is 0 Å². The molecule has 0 saturated heterocycles. The van der Waals surface area contributed by atoms with Crippen molar-refractivity contribution in [3.8, 4) is 0 Å². The van der Waals surface area contributed by atoms with Gasteiger partial charge in [-0.2, -0.15) is 0 Å². The fourth-order valence-electron chi connectivity index (χ4n) is 2.30. The lowest BCUT2D eigenvalue weighted by atomic mass is 9.87. The Morgan fingerprint density at radius 2 is 1.24 bits per heavy atom. The molecule has 4 heteroatoms. The Bertz CT molecular complexity index is 279. The highest BCUT2D eigenvalue weighted by atomic mass is 16.4. The highest BCUT2D eigenvalue weighted by molar-refractivity contribution is 5.81. The van der Waals surface area contributed by atoms with E-state index in [-0.39, 0.29) is 26.7 Å². The van der Waals surface area contributed by atoms with E-state index in [1.54, 1.807) is 0 Å². The van der Waals surface area contributed by atoms with Crippen molar-refractivity contribution in [1.29, 1.82) is 0 Å². The van der Waals surface area contributed by atoms with Crippen LogP contribution in [-0.4, -0.2) is 22.2 Å². The van der Waals surface area contributed by atoms with E-state index in [1.165, 1.54) is 12.2 Å². The van der Waals surface area contributed by atoms with E-state index in [9.17, 15) is 9.59 Å². The van der Waals surface area contributed by atoms with Crippen LogP contribution in [-0.2, 0) is 9.59 Å². The molecule has 0 amide bonds. The van der Waals surface area contributed by atoms with Gasteiger partial charge in [0.15, 0.2) is 0 Å². The topological polar surface area (TPSA) is 74.6 Å². The molecule has 0 radical (unpaired) electrons. The first-order valence-electron chi connectivity index (χ1n) is 4.73. The van der Waals surface area contributed by atoms with Crippen molar-refractivity contribution in [3.63, 3.8) is 0 Å². The second-order valence-corrected chi connectivity index (χ2v) is 3.76. The summed E-state index contributed by atoms with van der Waals surface area (Å²) in [6.07, 6.45) is 3.55. The van der Waals surface area contributed by atoms with Crippen LogP contribution in [0.25, 0.3) is 0 Å². The predicted molar refractivity (Wildman–Crippen MR) is 67.7 cm³/mol. The minimum absolute atomic E-state index is 0. The zero-order chi connectivity index (χ0) is 11.6. The minimum atomic E-state index is -1.07. The molecular formula is C13H22O4. The summed E-state index contributed by atoms with van der Waals surface area (Å²) >= 11 is 0. The van der Waals surface area contributed by atoms with Crippen LogP contribution in [0.1, 0.15) is 21.3 Å². The quantitative estimate of drug-likeness (QED) is 0.743. The molecule has 4 unspecified atom stereocenters. The minimum Gasteiger partial charge on any atom is -0.481 e. The van der Waals surface area contributed by atoms with Crippen LogP contribution in [0.4, 0.5) is 0 Å². The Labute approximate surface area is 103 Å². The van der Waals surface area contributed by atoms with E-state index < -0.39 is 23.8 Å². The van der Waals surface area contributed by atoms with Gasteiger partial charge in [0.05, 0.1) is 11.8 Å². The summed E-state index contributed by atoms with van der Waals surface area (Å²) < 4.78 is 0. The highest BCUT2D eigenvalue weighted by Gasteiger charge is 2.48. The largest absolute Gasteiger partial charge is 0.481 e. The highest BCUT2D eigenvalue weighted by Crippen LogP contribution is 2.43. The number of allylic oxidation sites excluding steroid dienone is 2.